The Hall–Kier alpha value is -4.01. The molecule has 4 rings (SSSR count). The third kappa shape index (κ3) is 4.60. The molecule has 2 heterocycles. The number of aryl methyl sites for hydroxylation is 3. The lowest BCUT2D eigenvalue weighted by molar-refractivity contribution is 0.0946. The fourth-order valence-electron chi connectivity index (χ4n) is 4.33. The molecule has 0 radical (unpaired) electrons. The first-order valence-corrected chi connectivity index (χ1v) is 12.2. The smallest absolute Gasteiger partial charge is 0.352 e. The number of carbonyl (C=O) groups is 2. The number of amides is 1. The number of nitrogens with one attached hydrogen (secondary N) is 1. The number of ketones is 1. The van der Waals surface area contributed by atoms with E-state index in [2.05, 4.69) is 10.4 Å². The minimum Gasteiger partial charge on any atom is -0.352 e. The van der Waals surface area contributed by atoms with E-state index in [0.717, 1.165) is 15.8 Å². The molecule has 9 nitrogen and oxygen atoms in total. The van der Waals surface area contributed by atoms with Crippen LogP contribution in [0.1, 0.15) is 59.0 Å². The zero-order chi connectivity index (χ0) is 26.1. The third-order valence-electron chi connectivity index (χ3n) is 6.13. The van der Waals surface area contributed by atoms with Crippen molar-refractivity contribution >= 4 is 28.4 Å². The van der Waals surface area contributed by atoms with Crippen LogP contribution < -0.4 is 16.6 Å². The molecular formula is C27H31N5O4. The molecule has 1 N–H and O–H groups in total. The van der Waals surface area contributed by atoms with Crippen LogP contribution in [0.5, 0.6) is 0 Å². The van der Waals surface area contributed by atoms with Crippen LogP contribution in [0.2, 0.25) is 0 Å². The van der Waals surface area contributed by atoms with Crippen molar-refractivity contribution < 1.29 is 9.59 Å². The monoisotopic (exact) mass is 489 g/mol. The fourth-order valence-corrected chi connectivity index (χ4v) is 4.33. The highest BCUT2D eigenvalue weighted by Crippen LogP contribution is 2.16. The van der Waals surface area contributed by atoms with Gasteiger partial charge in [-0.05, 0) is 49.9 Å². The molecule has 0 atom stereocenters. The predicted molar refractivity (Wildman–Crippen MR) is 139 cm³/mol. The SMILES string of the molecule is CCCn1c(=O)c2ccc(C(=O)NCC(C)C)cc2n2c(=O)n(CC(=O)c3ccc(C)cc3C)nc12. The van der Waals surface area contributed by atoms with Gasteiger partial charge in [0.05, 0.1) is 10.9 Å². The first-order valence-electron chi connectivity index (χ1n) is 12.2. The molecule has 0 spiro atoms. The summed E-state index contributed by atoms with van der Waals surface area (Å²) in [6, 6.07) is 10.2. The Balaban J connectivity index is 1.88. The van der Waals surface area contributed by atoms with Crippen molar-refractivity contribution in [3.05, 3.63) is 79.5 Å². The maximum Gasteiger partial charge on any atom is 0.352 e. The maximum atomic E-state index is 13.5. The van der Waals surface area contributed by atoms with Crippen LogP contribution in [0, 0.1) is 19.8 Å². The van der Waals surface area contributed by atoms with Crippen molar-refractivity contribution in [3.63, 3.8) is 0 Å². The average molecular weight is 490 g/mol. The first-order chi connectivity index (χ1) is 17.1. The van der Waals surface area contributed by atoms with E-state index in [1.807, 2.05) is 46.8 Å². The summed E-state index contributed by atoms with van der Waals surface area (Å²) in [6.07, 6.45) is 0.652. The number of nitrogens with zero attached hydrogens (tertiary/aromatic N) is 4. The Morgan fingerprint density at radius 3 is 2.47 bits per heavy atom. The summed E-state index contributed by atoms with van der Waals surface area (Å²) in [5.41, 5.74) is 2.16. The van der Waals surface area contributed by atoms with Crippen LogP contribution >= 0.6 is 0 Å². The molecule has 0 unspecified atom stereocenters. The Labute approximate surface area is 208 Å². The second-order valence-corrected chi connectivity index (χ2v) is 9.61. The van der Waals surface area contributed by atoms with E-state index in [-0.39, 0.29) is 41.0 Å². The summed E-state index contributed by atoms with van der Waals surface area (Å²) in [5, 5.41) is 7.56. The van der Waals surface area contributed by atoms with Gasteiger partial charge in [0.25, 0.3) is 11.5 Å². The molecule has 1 amide bonds. The quantitative estimate of drug-likeness (QED) is 0.383. The van der Waals surface area contributed by atoms with Gasteiger partial charge in [0.2, 0.25) is 5.78 Å². The lowest BCUT2D eigenvalue weighted by Gasteiger charge is -2.11. The fraction of sp³-hybridized carbons (Fsp3) is 0.370. The predicted octanol–water partition coefficient (Wildman–Crippen LogP) is 3.11. The maximum absolute atomic E-state index is 13.5. The Morgan fingerprint density at radius 1 is 1.06 bits per heavy atom. The summed E-state index contributed by atoms with van der Waals surface area (Å²) >= 11 is 0. The molecule has 0 bridgehead atoms. The second-order valence-electron chi connectivity index (χ2n) is 9.61. The van der Waals surface area contributed by atoms with Gasteiger partial charge in [0, 0.05) is 24.2 Å². The molecule has 2 aromatic carbocycles. The third-order valence-corrected chi connectivity index (χ3v) is 6.13. The van der Waals surface area contributed by atoms with Crippen LogP contribution in [-0.4, -0.2) is 37.0 Å². The highest BCUT2D eigenvalue weighted by atomic mass is 16.2. The van der Waals surface area contributed by atoms with Crippen LogP contribution in [0.4, 0.5) is 0 Å². The molecule has 4 aromatic rings. The van der Waals surface area contributed by atoms with Gasteiger partial charge in [-0.3, -0.25) is 19.0 Å². The summed E-state index contributed by atoms with van der Waals surface area (Å²) < 4.78 is 3.86. The van der Waals surface area contributed by atoms with Crippen LogP contribution in [0.25, 0.3) is 16.7 Å². The minimum atomic E-state index is -0.544. The summed E-state index contributed by atoms with van der Waals surface area (Å²) in [4.78, 5) is 52.5. The Bertz CT molecular complexity index is 1610. The van der Waals surface area contributed by atoms with E-state index in [0.29, 0.717) is 36.0 Å². The van der Waals surface area contributed by atoms with Gasteiger partial charge in [-0.25, -0.2) is 13.9 Å². The number of aromatic nitrogens is 4. The van der Waals surface area contributed by atoms with Crippen LogP contribution in [0.15, 0.2) is 46.0 Å². The van der Waals surface area contributed by atoms with Crippen molar-refractivity contribution in [2.75, 3.05) is 6.54 Å². The second kappa shape index (κ2) is 9.93. The number of hydrogen-bond donors (Lipinski definition) is 1. The van der Waals surface area contributed by atoms with E-state index in [1.54, 1.807) is 18.2 Å². The highest BCUT2D eigenvalue weighted by molar-refractivity contribution is 5.98. The lowest BCUT2D eigenvalue weighted by Crippen LogP contribution is -2.29. The highest BCUT2D eigenvalue weighted by Gasteiger charge is 2.20. The number of rotatable bonds is 8. The molecule has 188 valence electrons. The van der Waals surface area contributed by atoms with Crippen molar-refractivity contribution in [1.82, 2.24) is 24.1 Å². The van der Waals surface area contributed by atoms with E-state index in [1.165, 1.54) is 15.0 Å². The van der Waals surface area contributed by atoms with E-state index < -0.39 is 5.69 Å². The molecule has 0 aliphatic heterocycles. The van der Waals surface area contributed by atoms with Crippen LogP contribution in [-0.2, 0) is 13.1 Å². The number of hydrogen-bond acceptors (Lipinski definition) is 5. The standard InChI is InChI=1S/C27H31N5O4/c1-6-11-30-25(35)21-10-8-19(24(34)28-14-16(2)3)13-22(21)32-26(30)29-31(27(32)36)15-23(33)20-9-7-17(4)12-18(20)5/h7-10,12-13,16H,6,11,14-15H2,1-5H3,(H,28,34). The van der Waals surface area contributed by atoms with E-state index in [4.69, 9.17) is 0 Å². The van der Waals surface area contributed by atoms with E-state index >= 15 is 0 Å². The number of carbonyl (C=O) groups excluding carboxylic acids is 2. The van der Waals surface area contributed by atoms with Gasteiger partial charge in [-0.15, -0.1) is 5.10 Å². The summed E-state index contributed by atoms with van der Waals surface area (Å²) in [7, 11) is 0. The normalized spacial score (nSPS) is 11.5. The average Bonchev–Trinajstić information content (AvgIpc) is 3.15. The minimum absolute atomic E-state index is 0.146. The molecule has 2 aromatic heterocycles. The van der Waals surface area contributed by atoms with Crippen molar-refractivity contribution in [3.8, 4) is 0 Å². The molecule has 9 heteroatoms. The Morgan fingerprint density at radius 2 is 1.81 bits per heavy atom. The van der Waals surface area contributed by atoms with Crippen molar-refractivity contribution in [2.24, 2.45) is 5.92 Å². The molecule has 0 fully saturated rings. The van der Waals surface area contributed by atoms with E-state index in [9.17, 15) is 19.2 Å². The van der Waals surface area contributed by atoms with Gasteiger partial charge in [-0.1, -0.05) is 44.5 Å². The number of fused-ring (bicyclic) bond motifs is 3. The van der Waals surface area contributed by atoms with Gasteiger partial charge in [0.1, 0.15) is 6.54 Å². The molecule has 0 aliphatic rings. The zero-order valence-electron chi connectivity index (χ0n) is 21.3. The number of benzene rings is 2. The number of Topliss-reactive ketones (excluding diaryl/α,β-unsaturated/α-hetero) is 1. The summed E-state index contributed by atoms with van der Waals surface area (Å²) in [5.74, 6) is -0.118. The molecule has 0 saturated heterocycles. The zero-order valence-corrected chi connectivity index (χ0v) is 21.3. The van der Waals surface area contributed by atoms with Gasteiger partial charge in [-0.2, -0.15) is 0 Å². The largest absolute Gasteiger partial charge is 0.352 e. The lowest BCUT2D eigenvalue weighted by atomic mass is 10.0. The van der Waals surface area contributed by atoms with Crippen molar-refractivity contribution in [1.29, 1.82) is 0 Å². The van der Waals surface area contributed by atoms with Gasteiger partial charge in [0.15, 0.2) is 5.78 Å². The summed E-state index contributed by atoms with van der Waals surface area (Å²) in [6.45, 7) is 10.3. The van der Waals surface area contributed by atoms with Gasteiger partial charge >= 0.3 is 5.69 Å². The van der Waals surface area contributed by atoms with Crippen molar-refractivity contribution in [2.45, 2.75) is 54.1 Å². The molecule has 0 saturated carbocycles. The first kappa shape index (κ1) is 25.1. The molecule has 36 heavy (non-hydrogen) atoms. The van der Waals surface area contributed by atoms with Gasteiger partial charge < -0.3 is 5.32 Å². The molecular weight excluding hydrogens is 458 g/mol. The topological polar surface area (TPSA) is 107 Å². The van der Waals surface area contributed by atoms with Crippen LogP contribution in [0.3, 0.4) is 0 Å². The molecule has 0 aliphatic carbocycles. The Kier molecular flexibility index (Phi) is 6.92.